The van der Waals surface area contributed by atoms with Gasteiger partial charge < -0.3 is 15.3 Å². The van der Waals surface area contributed by atoms with E-state index in [1.807, 2.05) is 0 Å². The van der Waals surface area contributed by atoms with Gasteiger partial charge in [0.15, 0.2) is 29.4 Å². The summed E-state index contributed by atoms with van der Waals surface area (Å²) in [4.78, 5) is 33.0. The fourth-order valence-electron chi connectivity index (χ4n) is 3.44. The third-order valence-electron chi connectivity index (χ3n) is 5.49. The molecular weight excluding hydrogens is 570 g/mol. The smallest absolute Gasteiger partial charge is 0.416 e. The zero-order valence-corrected chi connectivity index (χ0v) is 21.2. The zero-order chi connectivity index (χ0) is 28.7. The predicted molar refractivity (Wildman–Crippen MR) is 129 cm³/mol. The van der Waals surface area contributed by atoms with E-state index in [-0.39, 0.29) is 28.1 Å². The van der Waals surface area contributed by atoms with E-state index in [0.717, 1.165) is 16.3 Å². The van der Waals surface area contributed by atoms with Crippen molar-refractivity contribution in [1.82, 2.24) is 34.1 Å². The average molecular weight is 588 g/mol. The number of aliphatic hydroxyl groups is 2. The van der Waals surface area contributed by atoms with Gasteiger partial charge in [0.2, 0.25) is 5.60 Å². The highest BCUT2D eigenvalue weighted by Crippen LogP contribution is 2.26. The number of alkyl halides is 3. The largest absolute Gasteiger partial charge is 0.479 e. The van der Waals surface area contributed by atoms with Gasteiger partial charge >= 0.3 is 17.8 Å². The molecule has 2 atom stereocenters. The van der Waals surface area contributed by atoms with Gasteiger partial charge in [-0.2, -0.15) is 17.9 Å². The molecule has 4 rings (SSSR count). The summed E-state index contributed by atoms with van der Waals surface area (Å²) < 4.78 is 41.5. The van der Waals surface area contributed by atoms with E-state index in [1.165, 1.54) is 42.6 Å². The first-order valence-corrected chi connectivity index (χ1v) is 11.7. The van der Waals surface area contributed by atoms with Crippen LogP contribution in [0.4, 0.5) is 13.2 Å². The topological polar surface area (TPSA) is 161 Å². The van der Waals surface area contributed by atoms with E-state index >= 15 is 0 Å². The number of pyridine rings is 1. The van der Waals surface area contributed by atoms with Crippen molar-refractivity contribution in [3.05, 3.63) is 74.8 Å². The molecule has 0 saturated carbocycles. The molecule has 0 amide bonds. The van der Waals surface area contributed by atoms with E-state index < -0.39 is 48.5 Å². The highest BCUT2D eigenvalue weighted by Gasteiger charge is 2.41. The van der Waals surface area contributed by atoms with E-state index in [0.29, 0.717) is 9.59 Å². The Hall–Kier alpha value is -3.79. The van der Waals surface area contributed by atoms with Crippen LogP contribution in [0.15, 0.2) is 47.4 Å². The molecule has 0 radical (unpaired) electrons. The van der Waals surface area contributed by atoms with Gasteiger partial charge in [-0.05, 0) is 43.3 Å². The maximum absolute atomic E-state index is 13.1. The maximum Gasteiger partial charge on any atom is 0.416 e. The molecule has 0 aliphatic carbocycles. The summed E-state index contributed by atoms with van der Waals surface area (Å²) in [6.45, 7) is -0.784. The number of halogens is 5. The van der Waals surface area contributed by atoms with Gasteiger partial charge in [-0.25, -0.2) is 24.2 Å². The number of hydrogen-bond acceptors (Lipinski definition) is 8. The van der Waals surface area contributed by atoms with E-state index in [4.69, 9.17) is 23.2 Å². The first-order chi connectivity index (χ1) is 18.2. The second kappa shape index (κ2) is 10.4. The number of benzene rings is 1. The minimum absolute atomic E-state index is 0.0315. The Balaban J connectivity index is 1.83. The third kappa shape index (κ3) is 5.66. The number of aliphatic hydroxyl groups excluding tert-OH is 1. The second-order valence-electron chi connectivity index (χ2n) is 8.39. The van der Waals surface area contributed by atoms with Gasteiger partial charge in [0.1, 0.15) is 6.54 Å². The summed E-state index contributed by atoms with van der Waals surface area (Å²) in [5, 5.41) is 38.4. The molecule has 0 fully saturated rings. The molecule has 3 heterocycles. The summed E-state index contributed by atoms with van der Waals surface area (Å²) in [7, 11) is 0. The van der Waals surface area contributed by atoms with Gasteiger partial charge in [-0.3, -0.25) is 4.57 Å². The lowest BCUT2D eigenvalue weighted by atomic mass is 10.1. The van der Waals surface area contributed by atoms with Crippen molar-refractivity contribution in [1.29, 1.82) is 0 Å². The molecular formula is C22H18Cl2F3N7O5. The van der Waals surface area contributed by atoms with Crippen LogP contribution in [0.25, 0.3) is 17.2 Å². The minimum atomic E-state index is -5.02. The molecule has 39 heavy (non-hydrogen) atoms. The van der Waals surface area contributed by atoms with Crippen LogP contribution in [-0.2, 0) is 23.5 Å². The van der Waals surface area contributed by atoms with Crippen LogP contribution in [0.2, 0.25) is 10.0 Å². The van der Waals surface area contributed by atoms with E-state index in [9.17, 15) is 38.1 Å². The maximum atomic E-state index is 13.1. The Morgan fingerprint density at radius 1 is 1.13 bits per heavy atom. The molecule has 0 aliphatic rings. The zero-order valence-electron chi connectivity index (χ0n) is 19.7. The summed E-state index contributed by atoms with van der Waals surface area (Å²) in [6, 6.07) is 8.64. The number of aliphatic carboxylic acids is 1. The van der Waals surface area contributed by atoms with Crippen LogP contribution in [0.3, 0.4) is 0 Å². The molecule has 0 spiro atoms. The first-order valence-electron chi connectivity index (χ1n) is 10.9. The highest BCUT2D eigenvalue weighted by atomic mass is 35.5. The quantitative estimate of drug-likeness (QED) is 0.281. The minimum Gasteiger partial charge on any atom is -0.479 e. The monoisotopic (exact) mass is 587 g/mol. The average Bonchev–Trinajstić information content (AvgIpc) is 3.41. The fourth-order valence-corrected chi connectivity index (χ4v) is 3.77. The number of carbonyl (C=O) groups is 1. The van der Waals surface area contributed by atoms with Crippen molar-refractivity contribution in [2.75, 3.05) is 0 Å². The Kier molecular flexibility index (Phi) is 7.53. The standard InChI is InChI=1S/C22H18Cl2F3N7O5/c1-21(39,19(36)37)18-29-15(30-34(18)17-13(24)3-2-8-28-17)10-33-20(38)32(9-14(35)22(25,26)27)16(31-33)11-4-6-12(23)7-5-11/h2-8,14,35,39H,9-10H2,1H3,(H,36,37)/t14-,21?/m0/s1. The SMILES string of the molecule is CC(O)(C(=O)O)c1nc(Cn2nc(-c3ccc(Cl)cc3)n(C[C@H](O)C(F)(F)F)c2=O)nn1-c1ncccc1Cl. The molecule has 3 N–H and O–H groups in total. The van der Waals surface area contributed by atoms with Gasteiger partial charge in [-0.1, -0.05) is 23.2 Å². The van der Waals surface area contributed by atoms with Gasteiger partial charge in [0, 0.05) is 16.8 Å². The summed E-state index contributed by atoms with van der Waals surface area (Å²) in [5.74, 6) is -2.74. The molecule has 4 aromatic rings. The van der Waals surface area contributed by atoms with Crippen molar-refractivity contribution in [3.8, 4) is 17.2 Å². The highest BCUT2D eigenvalue weighted by molar-refractivity contribution is 6.32. The Morgan fingerprint density at radius 2 is 1.79 bits per heavy atom. The van der Waals surface area contributed by atoms with E-state index in [2.05, 4.69) is 20.2 Å². The number of carboxylic acids is 1. The first kappa shape index (κ1) is 28.2. The summed E-state index contributed by atoms with van der Waals surface area (Å²) >= 11 is 12.1. The molecule has 12 nitrogen and oxygen atoms in total. The van der Waals surface area contributed by atoms with Crippen molar-refractivity contribution >= 4 is 29.2 Å². The molecule has 0 bridgehead atoms. The van der Waals surface area contributed by atoms with Crippen molar-refractivity contribution in [2.24, 2.45) is 0 Å². The number of aromatic nitrogens is 7. The molecule has 1 aromatic carbocycles. The number of carboxylic acid groups (broad SMARTS) is 1. The van der Waals surface area contributed by atoms with Crippen LogP contribution >= 0.6 is 23.2 Å². The summed E-state index contributed by atoms with van der Waals surface area (Å²) in [5.41, 5.74) is -3.42. The number of rotatable bonds is 8. The van der Waals surface area contributed by atoms with Crippen LogP contribution < -0.4 is 5.69 Å². The second-order valence-corrected chi connectivity index (χ2v) is 9.23. The molecule has 0 saturated heterocycles. The van der Waals surface area contributed by atoms with E-state index in [1.54, 1.807) is 0 Å². The van der Waals surface area contributed by atoms with Gasteiger partial charge in [-0.15, -0.1) is 10.2 Å². The lowest BCUT2D eigenvalue weighted by Crippen LogP contribution is -2.37. The summed E-state index contributed by atoms with van der Waals surface area (Å²) in [6.07, 6.45) is -6.56. The van der Waals surface area contributed by atoms with Gasteiger partial charge in [0.25, 0.3) is 0 Å². The van der Waals surface area contributed by atoms with Crippen molar-refractivity contribution in [3.63, 3.8) is 0 Å². The molecule has 1 unspecified atom stereocenters. The molecule has 206 valence electrons. The lowest BCUT2D eigenvalue weighted by Gasteiger charge is -2.17. The van der Waals surface area contributed by atoms with Crippen LogP contribution in [0.5, 0.6) is 0 Å². The molecule has 0 aliphatic heterocycles. The number of nitrogens with zero attached hydrogens (tertiary/aromatic N) is 7. The van der Waals surface area contributed by atoms with Crippen molar-refractivity contribution < 1.29 is 33.3 Å². The Labute approximate surface area is 226 Å². The van der Waals surface area contributed by atoms with Gasteiger partial charge in [0.05, 0.1) is 11.6 Å². The van der Waals surface area contributed by atoms with Crippen LogP contribution in [0, 0.1) is 0 Å². The normalized spacial score (nSPS) is 14.3. The lowest BCUT2D eigenvalue weighted by molar-refractivity contribution is -0.207. The van der Waals surface area contributed by atoms with Crippen LogP contribution in [-0.4, -0.2) is 67.7 Å². The Morgan fingerprint density at radius 3 is 2.38 bits per heavy atom. The predicted octanol–water partition coefficient (Wildman–Crippen LogP) is 2.26. The number of hydrogen-bond donors (Lipinski definition) is 3. The molecule has 17 heteroatoms. The Bertz CT molecular complexity index is 1580. The fraction of sp³-hybridized carbons (Fsp3) is 0.273. The van der Waals surface area contributed by atoms with Crippen LogP contribution in [0.1, 0.15) is 18.6 Å². The van der Waals surface area contributed by atoms with Crippen molar-refractivity contribution in [2.45, 2.75) is 37.9 Å². The molecule has 3 aromatic heterocycles. The third-order valence-corrected chi connectivity index (χ3v) is 6.04.